The maximum absolute atomic E-state index is 2.00. The molecule has 0 aliphatic rings. The fourth-order valence-electron chi connectivity index (χ4n) is 0.770. The summed E-state index contributed by atoms with van der Waals surface area (Å²) in [7, 11) is 0. The van der Waals surface area contributed by atoms with Crippen LogP contribution in [0.5, 0.6) is 0 Å². The van der Waals surface area contributed by atoms with E-state index in [1.807, 2.05) is 72.8 Å². The summed E-state index contributed by atoms with van der Waals surface area (Å²) in [6.45, 7) is 0. The van der Waals surface area contributed by atoms with E-state index in [9.17, 15) is 0 Å². The van der Waals surface area contributed by atoms with Gasteiger partial charge in [-0.15, -0.1) is 0 Å². The van der Waals surface area contributed by atoms with Gasteiger partial charge in [-0.25, -0.2) is 12.1 Å². The van der Waals surface area contributed by atoms with E-state index in [-0.39, 0.29) is 18.6 Å². The van der Waals surface area contributed by atoms with Gasteiger partial charge in [0.2, 0.25) is 0 Å². The van der Waals surface area contributed by atoms with Gasteiger partial charge in [0.25, 0.3) is 0 Å². The van der Waals surface area contributed by atoms with Crippen LogP contribution in [0.25, 0.3) is 0 Å². The predicted molar refractivity (Wildman–Crippen MR) is 52.9 cm³/mol. The van der Waals surface area contributed by atoms with Crippen LogP contribution >= 0.6 is 0 Å². The molecule has 1 radical (unpaired) electrons. The zero-order chi connectivity index (χ0) is 8.49. The number of hydrogen-bond donors (Lipinski definition) is 0. The van der Waals surface area contributed by atoms with Crippen LogP contribution in [0.15, 0.2) is 72.8 Å². The molecular weight excluding hydrogens is 195 g/mol. The minimum absolute atomic E-state index is 0. The normalized spacial score (nSPS) is 7.38. The van der Waals surface area contributed by atoms with Crippen molar-refractivity contribution in [2.24, 2.45) is 0 Å². The Bertz CT molecular complexity index is 211. The summed E-state index contributed by atoms with van der Waals surface area (Å²) in [6.07, 6.45) is 0. The van der Waals surface area contributed by atoms with E-state index >= 15 is 0 Å². The minimum Gasteiger partial charge on any atom is -0.214 e. The van der Waals surface area contributed by atoms with Crippen LogP contribution in [0.3, 0.4) is 0 Å². The van der Waals surface area contributed by atoms with Gasteiger partial charge in [0, 0.05) is 61.0 Å². The van der Waals surface area contributed by atoms with E-state index < -0.39 is 0 Å². The molecule has 0 amide bonds. The molecular formula is C12H12V. The Morgan fingerprint density at radius 1 is 0.692 bits per heavy atom. The Morgan fingerprint density at radius 2 is 1.23 bits per heavy atom. The first-order valence-corrected chi connectivity index (χ1v) is 4.00. The smallest absolute Gasteiger partial charge is 0.0467 e. The Kier molecular flexibility index (Phi) is 8.43. The molecule has 0 unspecified atom stereocenters. The van der Waals surface area contributed by atoms with Gasteiger partial charge in [-0.05, 0) is 0 Å². The van der Waals surface area contributed by atoms with E-state index in [1.54, 1.807) is 0 Å². The van der Waals surface area contributed by atoms with Gasteiger partial charge in [-0.3, -0.25) is 0 Å². The SMILES string of the molecule is [V].c1cc[cH-]c1.c1ccc[cH+]cc1. The van der Waals surface area contributed by atoms with E-state index in [0.717, 1.165) is 0 Å². The van der Waals surface area contributed by atoms with Crippen molar-refractivity contribution in [3.63, 3.8) is 0 Å². The first kappa shape index (κ1) is 12.0. The van der Waals surface area contributed by atoms with Crippen molar-refractivity contribution < 1.29 is 18.6 Å². The molecule has 0 nitrogen and oxygen atoms in total. The molecule has 0 aliphatic heterocycles. The van der Waals surface area contributed by atoms with Crippen LogP contribution in [0.1, 0.15) is 0 Å². The zero-order valence-corrected chi connectivity index (χ0v) is 8.77. The third-order valence-corrected chi connectivity index (χ3v) is 1.33. The molecule has 0 heterocycles. The number of rotatable bonds is 0. The zero-order valence-electron chi connectivity index (χ0n) is 7.38. The van der Waals surface area contributed by atoms with E-state index in [4.69, 9.17) is 0 Å². The van der Waals surface area contributed by atoms with Gasteiger partial charge in [0.1, 0.15) is 0 Å². The van der Waals surface area contributed by atoms with Crippen LogP contribution in [0, 0.1) is 0 Å². The Labute approximate surface area is 91.5 Å². The molecule has 0 fully saturated rings. The summed E-state index contributed by atoms with van der Waals surface area (Å²) in [4.78, 5) is 0. The molecule has 2 aromatic carbocycles. The van der Waals surface area contributed by atoms with E-state index in [2.05, 4.69) is 0 Å². The van der Waals surface area contributed by atoms with Crippen molar-refractivity contribution in [1.29, 1.82) is 0 Å². The Morgan fingerprint density at radius 3 is 1.62 bits per heavy atom. The molecule has 0 spiro atoms. The summed E-state index contributed by atoms with van der Waals surface area (Å²) in [5.41, 5.74) is 0. The average molecular weight is 207 g/mol. The summed E-state index contributed by atoms with van der Waals surface area (Å²) in [5.74, 6) is 0. The summed E-state index contributed by atoms with van der Waals surface area (Å²) >= 11 is 0. The van der Waals surface area contributed by atoms with Gasteiger partial charge in [-0.1, -0.05) is 0 Å². The standard InChI is InChI=1S/C7H7.C5H5.V/c1-2-4-6-7-5-3-1;1-2-4-5-3-1;/h1-7H;1-5H;/q+1;-1;. The van der Waals surface area contributed by atoms with Gasteiger partial charge in [0.15, 0.2) is 0 Å². The van der Waals surface area contributed by atoms with Gasteiger partial charge < -0.3 is 0 Å². The average Bonchev–Trinajstić information content (AvgIpc) is 2.54. The quantitative estimate of drug-likeness (QED) is 0.581. The van der Waals surface area contributed by atoms with Gasteiger partial charge in [0.05, 0.1) is 0 Å². The molecule has 1 heteroatoms. The molecule has 0 saturated carbocycles. The fraction of sp³-hybridized carbons (Fsp3) is 0. The van der Waals surface area contributed by atoms with Crippen molar-refractivity contribution in [2.45, 2.75) is 0 Å². The second-order valence-electron chi connectivity index (χ2n) is 2.31. The van der Waals surface area contributed by atoms with Gasteiger partial charge >= 0.3 is 0 Å². The van der Waals surface area contributed by atoms with E-state index in [0.29, 0.717) is 0 Å². The molecule has 0 atom stereocenters. The molecule has 0 N–H and O–H groups in total. The minimum atomic E-state index is 0. The van der Waals surface area contributed by atoms with Crippen molar-refractivity contribution >= 4 is 0 Å². The fourth-order valence-corrected chi connectivity index (χ4v) is 0.770. The molecule has 0 saturated heterocycles. The molecule has 65 valence electrons. The third kappa shape index (κ3) is 7.39. The predicted octanol–water partition coefficient (Wildman–Crippen LogP) is 3.37. The van der Waals surface area contributed by atoms with Crippen molar-refractivity contribution in [1.82, 2.24) is 0 Å². The van der Waals surface area contributed by atoms with Crippen LogP contribution < -0.4 is 0 Å². The van der Waals surface area contributed by atoms with Gasteiger partial charge in [-0.2, -0.15) is 18.2 Å². The molecule has 13 heavy (non-hydrogen) atoms. The summed E-state index contributed by atoms with van der Waals surface area (Å²) < 4.78 is 0. The first-order valence-electron chi connectivity index (χ1n) is 4.00. The maximum atomic E-state index is 2.00. The Balaban J connectivity index is 0.000000215. The molecule has 2 aromatic rings. The molecule has 0 aromatic heterocycles. The second-order valence-corrected chi connectivity index (χ2v) is 2.31. The van der Waals surface area contributed by atoms with Crippen molar-refractivity contribution in [3.05, 3.63) is 72.8 Å². The van der Waals surface area contributed by atoms with E-state index in [1.165, 1.54) is 0 Å². The largest absolute Gasteiger partial charge is 0.214 e. The summed E-state index contributed by atoms with van der Waals surface area (Å²) in [5, 5.41) is 0. The van der Waals surface area contributed by atoms with Crippen LogP contribution in [0.4, 0.5) is 0 Å². The third-order valence-electron chi connectivity index (χ3n) is 1.33. The topological polar surface area (TPSA) is 0 Å². The van der Waals surface area contributed by atoms with Crippen LogP contribution in [0.2, 0.25) is 0 Å². The number of hydrogen-bond acceptors (Lipinski definition) is 0. The van der Waals surface area contributed by atoms with Crippen LogP contribution in [-0.2, 0) is 18.6 Å². The molecule has 2 rings (SSSR count). The molecule has 0 bridgehead atoms. The first-order chi connectivity index (χ1) is 6.00. The summed E-state index contributed by atoms with van der Waals surface area (Å²) in [6, 6.07) is 24.0. The maximum Gasteiger partial charge on any atom is 0.0467 e. The molecule has 0 aliphatic carbocycles. The van der Waals surface area contributed by atoms with Crippen molar-refractivity contribution in [3.8, 4) is 0 Å². The Hall–Kier alpha value is -0.976. The van der Waals surface area contributed by atoms with Crippen molar-refractivity contribution in [2.75, 3.05) is 0 Å². The monoisotopic (exact) mass is 207 g/mol. The second kappa shape index (κ2) is 9.12. The van der Waals surface area contributed by atoms with Crippen LogP contribution in [-0.4, -0.2) is 0 Å².